The van der Waals surface area contributed by atoms with Crippen molar-refractivity contribution in [3.8, 4) is 11.5 Å². The Labute approximate surface area is 136 Å². The molecule has 6 nitrogen and oxygen atoms in total. The first-order chi connectivity index (χ1) is 11.1. The maximum Gasteiger partial charge on any atom is 0.224 e. The van der Waals surface area contributed by atoms with Crippen LogP contribution in [0, 0.1) is 0 Å². The molecule has 1 aliphatic heterocycles. The van der Waals surface area contributed by atoms with E-state index in [1.165, 1.54) is 0 Å². The zero-order valence-electron chi connectivity index (χ0n) is 13.7. The number of carbonyl (C=O) groups excluding carboxylic acids is 1. The van der Waals surface area contributed by atoms with Gasteiger partial charge in [-0.3, -0.25) is 4.79 Å². The van der Waals surface area contributed by atoms with Crippen molar-refractivity contribution < 1.29 is 24.1 Å². The summed E-state index contributed by atoms with van der Waals surface area (Å²) in [6, 6.07) is 7.31. The highest BCUT2D eigenvalue weighted by Crippen LogP contribution is 2.23. The number of aliphatic hydroxyl groups excluding tert-OH is 1. The highest BCUT2D eigenvalue weighted by molar-refractivity contribution is 5.76. The van der Waals surface area contributed by atoms with Gasteiger partial charge in [0, 0.05) is 32.7 Å². The van der Waals surface area contributed by atoms with Crippen LogP contribution >= 0.6 is 0 Å². The molecule has 0 radical (unpaired) electrons. The fourth-order valence-electron chi connectivity index (χ4n) is 2.64. The van der Waals surface area contributed by atoms with E-state index in [2.05, 4.69) is 0 Å². The normalized spacial score (nSPS) is 21.6. The molecule has 0 spiro atoms. The summed E-state index contributed by atoms with van der Waals surface area (Å²) in [6.07, 6.45) is 0.544. The van der Waals surface area contributed by atoms with Gasteiger partial charge in [-0.2, -0.15) is 0 Å². The summed E-state index contributed by atoms with van der Waals surface area (Å²) in [6.45, 7) is 1.54. The van der Waals surface area contributed by atoms with Crippen LogP contribution in [0.5, 0.6) is 11.5 Å². The number of methoxy groups -OCH3 is 2. The van der Waals surface area contributed by atoms with E-state index >= 15 is 0 Å². The Morgan fingerprint density at radius 3 is 2.74 bits per heavy atom. The number of nitrogens with zero attached hydrogens (tertiary/aromatic N) is 1. The molecular formula is C17H25NO5. The van der Waals surface area contributed by atoms with E-state index < -0.39 is 6.10 Å². The summed E-state index contributed by atoms with van der Waals surface area (Å²) in [5.74, 6) is 1.43. The number of ether oxygens (including phenoxy) is 3. The van der Waals surface area contributed by atoms with Gasteiger partial charge in [-0.25, -0.2) is 0 Å². The largest absolute Gasteiger partial charge is 0.497 e. The van der Waals surface area contributed by atoms with Crippen LogP contribution in [0.2, 0.25) is 0 Å². The zero-order chi connectivity index (χ0) is 16.7. The second-order valence-corrected chi connectivity index (χ2v) is 5.60. The molecule has 0 bridgehead atoms. The lowest BCUT2D eigenvalue weighted by molar-refractivity contribution is -0.132. The van der Waals surface area contributed by atoms with Gasteiger partial charge in [-0.15, -0.1) is 0 Å². The molecule has 1 N–H and O–H groups in total. The molecule has 6 heteroatoms. The van der Waals surface area contributed by atoms with E-state index in [0.29, 0.717) is 50.5 Å². The quantitative estimate of drug-likeness (QED) is 0.858. The van der Waals surface area contributed by atoms with Crippen LogP contribution in [0.1, 0.15) is 19.3 Å². The lowest BCUT2D eigenvalue weighted by Crippen LogP contribution is -2.33. The van der Waals surface area contributed by atoms with Gasteiger partial charge in [0.05, 0.1) is 26.2 Å². The number of carbonyl (C=O) groups is 1. The number of aliphatic hydroxyl groups is 1. The van der Waals surface area contributed by atoms with E-state index in [9.17, 15) is 9.90 Å². The maximum atomic E-state index is 12.1. The lowest BCUT2D eigenvalue weighted by atomic mass is 10.1. The first kappa shape index (κ1) is 17.6. The number of hydrogen-bond acceptors (Lipinski definition) is 5. The third-order valence-corrected chi connectivity index (χ3v) is 4.01. The molecular weight excluding hydrogens is 298 g/mol. The lowest BCUT2D eigenvalue weighted by Gasteiger charge is -2.22. The molecule has 1 aliphatic rings. The Kier molecular flexibility index (Phi) is 6.67. The van der Waals surface area contributed by atoms with Gasteiger partial charge in [0.15, 0.2) is 0 Å². The molecule has 1 heterocycles. The van der Waals surface area contributed by atoms with Gasteiger partial charge >= 0.3 is 0 Å². The molecule has 0 aromatic heterocycles. The monoisotopic (exact) mass is 323 g/mol. The average Bonchev–Trinajstić information content (AvgIpc) is 2.75. The van der Waals surface area contributed by atoms with Gasteiger partial charge in [-0.1, -0.05) is 6.07 Å². The third-order valence-electron chi connectivity index (χ3n) is 4.01. The highest BCUT2D eigenvalue weighted by atomic mass is 16.5. The Morgan fingerprint density at radius 2 is 2.00 bits per heavy atom. The summed E-state index contributed by atoms with van der Waals surface area (Å²) in [5.41, 5.74) is 0. The van der Waals surface area contributed by atoms with Crippen LogP contribution in [0.4, 0.5) is 0 Å². The SMILES string of the molecule is COCCC(=O)N1CC[C@H](Oc2cccc(OC)c2)[C@@H](O)CC1. The Morgan fingerprint density at radius 1 is 1.26 bits per heavy atom. The Bertz CT molecular complexity index is 508. The summed E-state index contributed by atoms with van der Waals surface area (Å²) in [7, 11) is 3.18. The van der Waals surface area contributed by atoms with Gasteiger partial charge in [0.1, 0.15) is 17.6 Å². The molecule has 2 atom stereocenters. The molecule has 1 fully saturated rings. The van der Waals surface area contributed by atoms with E-state index in [-0.39, 0.29) is 12.0 Å². The van der Waals surface area contributed by atoms with Crippen molar-refractivity contribution in [2.24, 2.45) is 0 Å². The molecule has 1 aromatic carbocycles. The minimum Gasteiger partial charge on any atom is -0.497 e. The Balaban J connectivity index is 1.94. The van der Waals surface area contributed by atoms with Gasteiger partial charge in [-0.05, 0) is 18.6 Å². The van der Waals surface area contributed by atoms with Gasteiger partial charge in [0.2, 0.25) is 5.91 Å². The molecule has 1 saturated heterocycles. The molecule has 23 heavy (non-hydrogen) atoms. The van der Waals surface area contributed by atoms with Crippen molar-refractivity contribution in [1.29, 1.82) is 0 Å². The first-order valence-corrected chi connectivity index (χ1v) is 7.89. The molecule has 0 unspecified atom stereocenters. The second kappa shape index (κ2) is 8.74. The van der Waals surface area contributed by atoms with Crippen molar-refractivity contribution in [2.45, 2.75) is 31.5 Å². The molecule has 2 rings (SSSR count). The molecule has 0 aliphatic carbocycles. The van der Waals surface area contributed by atoms with E-state index in [0.717, 1.165) is 0 Å². The fraction of sp³-hybridized carbons (Fsp3) is 0.588. The predicted molar refractivity (Wildman–Crippen MR) is 85.7 cm³/mol. The van der Waals surface area contributed by atoms with Crippen molar-refractivity contribution in [3.63, 3.8) is 0 Å². The standard InChI is InChI=1S/C17H25NO5/c1-21-11-8-17(20)18-9-6-15(19)16(7-10-18)23-14-5-3-4-13(12-14)22-2/h3-5,12,15-16,19H,6-11H2,1-2H3/t15-,16-/m0/s1. The number of benzene rings is 1. The van der Waals surface area contributed by atoms with Crippen LogP contribution in [0.3, 0.4) is 0 Å². The van der Waals surface area contributed by atoms with Gasteiger partial charge < -0.3 is 24.2 Å². The number of amides is 1. The molecule has 1 aromatic rings. The summed E-state index contributed by atoms with van der Waals surface area (Å²) < 4.78 is 16.0. The van der Waals surface area contributed by atoms with Crippen LogP contribution < -0.4 is 9.47 Å². The third kappa shape index (κ3) is 5.11. The maximum absolute atomic E-state index is 12.1. The average molecular weight is 323 g/mol. The zero-order valence-corrected chi connectivity index (χ0v) is 13.7. The topological polar surface area (TPSA) is 68.2 Å². The Hall–Kier alpha value is -1.79. The van der Waals surface area contributed by atoms with Crippen molar-refractivity contribution in [3.05, 3.63) is 24.3 Å². The number of hydrogen-bond donors (Lipinski definition) is 1. The van der Waals surface area contributed by atoms with E-state index in [1.807, 2.05) is 18.2 Å². The number of rotatable bonds is 6. The smallest absolute Gasteiger partial charge is 0.224 e. The number of likely N-dealkylation sites (tertiary alicyclic amines) is 1. The van der Waals surface area contributed by atoms with E-state index in [4.69, 9.17) is 14.2 Å². The van der Waals surface area contributed by atoms with Crippen LogP contribution in [0.15, 0.2) is 24.3 Å². The van der Waals surface area contributed by atoms with E-state index in [1.54, 1.807) is 25.2 Å². The molecule has 0 saturated carbocycles. The van der Waals surface area contributed by atoms with Crippen molar-refractivity contribution >= 4 is 5.91 Å². The minimum atomic E-state index is -0.596. The molecule has 128 valence electrons. The fourth-order valence-corrected chi connectivity index (χ4v) is 2.64. The van der Waals surface area contributed by atoms with Crippen molar-refractivity contribution in [1.82, 2.24) is 4.90 Å². The van der Waals surface area contributed by atoms with Gasteiger partial charge in [0.25, 0.3) is 0 Å². The van der Waals surface area contributed by atoms with Crippen LogP contribution in [-0.4, -0.2) is 62.0 Å². The molecule has 1 amide bonds. The second-order valence-electron chi connectivity index (χ2n) is 5.60. The van der Waals surface area contributed by atoms with Crippen LogP contribution in [-0.2, 0) is 9.53 Å². The van der Waals surface area contributed by atoms with Crippen molar-refractivity contribution in [2.75, 3.05) is 33.9 Å². The summed E-state index contributed by atoms with van der Waals surface area (Å²) in [4.78, 5) is 13.8. The summed E-state index contributed by atoms with van der Waals surface area (Å²) >= 11 is 0. The summed E-state index contributed by atoms with van der Waals surface area (Å²) in [5, 5.41) is 10.3. The minimum absolute atomic E-state index is 0.0566. The van der Waals surface area contributed by atoms with Crippen LogP contribution in [0.25, 0.3) is 0 Å². The highest BCUT2D eigenvalue weighted by Gasteiger charge is 2.28. The first-order valence-electron chi connectivity index (χ1n) is 7.89. The predicted octanol–water partition coefficient (Wildman–Crippen LogP) is 1.46.